The lowest BCUT2D eigenvalue weighted by molar-refractivity contribution is -0.119. The fourth-order valence-corrected chi connectivity index (χ4v) is 2.82. The molecule has 0 saturated heterocycles. The molecule has 0 spiro atoms. The summed E-state index contributed by atoms with van der Waals surface area (Å²) in [5.74, 6) is -0.512. The molecule has 1 aliphatic rings. The van der Waals surface area contributed by atoms with Gasteiger partial charge in [-0.1, -0.05) is 37.6 Å². The predicted octanol–water partition coefficient (Wildman–Crippen LogP) is 1.88. The number of guanidine groups is 1. The van der Waals surface area contributed by atoms with Crippen molar-refractivity contribution in [3.8, 4) is 0 Å². The molecule has 1 aromatic rings. The van der Waals surface area contributed by atoms with Gasteiger partial charge in [0.05, 0.1) is 5.92 Å². The van der Waals surface area contributed by atoms with Gasteiger partial charge in [-0.05, 0) is 23.1 Å². The van der Waals surface area contributed by atoms with E-state index in [-0.39, 0.29) is 29.1 Å². The highest BCUT2D eigenvalue weighted by molar-refractivity contribution is 6.30. The zero-order valence-corrected chi connectivity index (χ0v) is 11.1. The van der Waals surface area contributed by atoms with E-state index in [4.69, 9.17) is 23.1 Å². The van der Waals surface area contributed by atoms with E-state index in [9.17, 15) is 4.79 Å². The van der Waals surface area contributed by atoms with Crippen molar-refractivity contribution in [3.63, 3.8) is 0 Å². The lowest BCUT2D eigenvalue weighted by Gasteiger charge is -2.02. The molecule has 1 fully saturated rings. The van der Waals surface area contributed by atoms with E-state index < -0.39 is 0 Å². The lowest BCUT2D eigenvalue weighted by Crippen LogP contribution is -2.25. The topological polar surface area (TPSA) is 81.5 Å². The Balaban J connectivity index is 2.26. The monoisotopic (exact) mass is 265 g/mol. The van der Waals surface area contributed by atoms with E-state index in [1.807, 2.05) is 38.1 Å². The molecule has 0 aliphatic heterocycles. The third-order valence-electron chi connectivity index (χ3n) is 3.54. The van der Waals surface area contributed by atoms with Crippen LogP contribution < -0.4 is 11.5 Å². The lowest BCUT2D eigenvalue weighted by atomic mass is 10.0. The van der Waals surface area contributed by atoms with Crippen LogP contribution in [0.3, 0.4) is 0 Å². The fourth-order valence-electron chi connectivity index (χ4n) is 2.62. The Morgan fingerprint density at radius 1 is 1.39 bits per heavy atom. The third-order valence-corrected chi connectivity index (χ3v) is 3.78. The minimum absolute atomic E-state index is 0.117. The van der Waals surface area contributed by atoms with Gasteiger partial charge in [0.15, 0.2) is 5.96 Å². The second-order valence-electron chi connectivity index (χ2n) is 5.21. The van der Waals surface area contributed by atoms with Crippen molar-refractivity contribution in [1.82, 2.24) is 0 Å². The number of amides is 1. The van der Waals surface area contributed by atoms with E-state index in [2.05, 4.69) is 4.99 Å². The molecule has 5 heteroatoms. The molecule has 2 rings (SSSR count). The van der Waals surface area contributed by atoms with Crippen LogP contribution in [-0.2, 0) is 4.79 Å². The first-order valence-electron chi connectivity index (χ1n) is 5.73. The SMILES string of the molecule is CC1(C)C(C(=O)N=C(N)N)C1c1cccc(Cl)c1. The maximum absolute atomic E-state index is 11.9. The maximum atomic E-state index is 11.9. The zero-order chi connectivity index (χ0) is 13.5. The summed E-state index contributed by atoms with van der Waals surface area (Å²) in [6.07, 6.45) is 0. The van der Waals surface area contributed by atoms with Crippen LogP contribution in [0.1, 0.15) is 25.3 Å². The van der Waals surface area contributed by atoms with Crippen molar-refractivity contribution in [2.45, 2.75) is 19.8 Å². The van der Waals surface area contributed by atoms with E-state index in [0.29, 0.717) is 5.02 Å². The smallest absolute Gasteiger partial charge is 0.253 e. The van der Waals surface area contributed by atoms with Gasteiger partial charge in [0.2, 0.25) is 0 Å². The molecule has 0 radical (unpaired) electrons. The predicted molar refractivity (Wildman–Crippen MR) is 72.3 cm³/mol. The van der Waals surface area contributed by atoms with Crippen LogP contribution in [-0.4, -0.2) is 11.9 Å². The number of aliphatic imine (C=N–C) groups is 1. The Morgan fingerprint density at radius 2 is 2.06 bits per heavy atom. The Labute approximate surface area is 111 Å². The average molecular weight is 266 g/mol. The van der Waals surface area contributed by atoms with Crippen molar-refractivity contribution in [2.24, 2.45) is 27.8 Å². The Bertz CT molecular complexity index is 521. The first-order chi connectivity index (χ1) is 8.34. The summed E-state index contributed by atoms with van der Waals surface area (Å²) in [4.78, 5) is 15.6. The van der Waals surface area contributed by atoms with Crippen LogP contribution in [0.4, 0.5) is 0 Å². The van der Waals surface area contributed by atoms with E-state index >= 15 is 0 Å². The Hall–Kier alpha value is -1.55. The zero-order valence-electron chi connectivity index (χ0n) is 10.4. The molecule has 2 atom stereocenters. The van der Waals surface area contributed by atoms with Crippen LogP contribution >= 0.6 is 11.6 Å². The van der Waals surface area contributed by atoms with Gasteiger partial charge < -0.3 is 11.5 Å². The fraction of sp³-hybridized carbons (Fsp3) is 0.385. The maximum Gasteiger partial charge on any atom is 0.253 e. The average Bonchev–Trinajstić information content (AvgIpc) is 2.80. The van der Waals surface area contributed by atoms with Crippen molar-refractivity contribution < 1.29 is 4.79 Å². The van der Waals surface area contributed by atoms with Crippen LogP contribution in [0.25, 0.3) is 0 Å². The number of benzene rings is 1. The molecule has 2 unspecified atom stereocenters. The van der Waals surface area contributed by atoms with E-state index in [1.165, 1.54) is 0 Å². The molecule has 4 nitrogen and oxygen atoms in total. The number of hydrogen-bond acceptors (Lipinski definition) is 1. The summed E-state index contributed by atoms with van der Waals surface area (Å²) >= 11 is 5.97. The molecule has 1 aromatic carbocycles. The molecule has 0 heterocycles. The van der Waals surface area contributed by atoms with Gasteiger partial charge in [-0.25, -0.2) is 0 Å². The Morgan fingerprint density at radius 3 is 2.61 bits per heavy atom. The van der Waals surface area contributed by atoms with Crippen molar-refractivity contribution in [1.29, 1.82) is 0 Å². The van der Waals surface area contributed by atoms with Crippen molar-refractivity contribution >= 4 is 23.5 Å². The Kier molecular flexibility index (Phi) is 3.07. The third kappa shape index (κ3) is 2.20. The summed E-state index contributed by atoms with van der Waals surface area (Å²) in [5, 5.41) is 0.670. The molecular formula is C13H16ClN3O. The van der Waals surface area contributed by atoms with Gasteiger partial charge in [-0.2, -0.15) is 4.99 Å². The second kappa shape index (κ2) is 4.28. The quantitative estimate of drug-likeness (QED) is 0.633. The van der Waals surface area contributed by atoms with Gasteiger partial charge in [0.1, 0.15) is 0 Å². The van der Waals surface area contributed by atoms with E-state index in [0.717, 1.165) is 5.56 Å². The number of nitrogens with zero attached hydrogens (tertiary/aromatic N) is 1. The summed E-state index contributed by atoms with van der Waals surface area (Å²) in [7, 11) is 0. The molecule has 1 saturated carbocycles. The molecule has 0 aromatic heterocycles. The van der Waals surface area contributed by atoms with Gasteiger partial charge in [0.25, 0.3) is 5.91 Å². The molecule has 1 aliphatic carbocycles. The highest BCUT2D eigenvalue weighted by Gasteiger charge is 2.62. The molecule has 1 amide bonds. The molecule has 0 bridgehead atoms. The number of rotatable bonds is 2. The number of carbonyl (C=O) groups excluding carboxylic acids is 1. The van der Waals surface area contributed by atoms with Crippen LogP contribution in [0.2, 0.25) is 5.02 Å². The largest absolute Gasteiger partial charge is 0.370 e. The van der Waals surface area contributed by atoms with Crippen LogP contribution in [0.15, 0.2) is 29.3 Å². The van der Waals surface area contributed by atoms with Crippen LogP contribution in [0, 0.1) is 11.3 Å². The van der Waals surface area contributed by atoms with Crippen molar-refractivity contribution in [2.75, 3.05) is 0 Å². The summed E-state index contributed by atoms with van der Waals surface area (Å²) in [6.45, 7) is 4.06. The molecular weight excluding hydrogens is 250 g/mol. The molecule has 96 valence electrons. The minimum atomic E-state index is -0.259. The number of nitrogens with two attached hydrogens (primary N) is 2. The second-order valence-corrected chi connectivity index (χ2v) is 5.64. The highest BCUT2D eigenvalue weighted by atomic mass is 35.5. The van der Waals surface area contributed by atoms with Crippen molar-refractivity contribution in [3.05, 3.63) is 34.9 Å². The van der Waals surface area contributed by atoms with Gasteiger partial charge >= 0.3 is 0 Å². The normalized spacial score (nSPS) is 24.4. The molecule has 18 heavy (non-hydrogen) atoms. The number of hydrogen-bond donors (Lipinski definition) is 2. The molecule has 4 N–H and O–H groups in total. The number of halogens is 1. The van der Waals surface area contributed by atoms with E-state index in [1.54, 1.807) is 0 Å². The summed E-state index contributed by atoms with van der Waals surface area (Å²) in [6, 6.07) is 7.55. The summed E-state index contributed by atoms with van der Waals surface area (Å²) in [5.41, 5.74) is 11.4. The van der Waals surface area contributed by atoms with Gasteiger partial charge in [0, 0.05) is 10.9 Å². The standard InChI is InChI=1S/C13H16ClN3O/c1-13(2)9(7-4-3-5-8(14)6-7)10(13)11(18)17-12(15)16/h3-6,9-10H,1-2H3,(H4,15,16,17,18). The number of carbonyl (C=O) groups is 1. The minimum Gasteiger partial charge on any atom is -0.370 e. The first kappa shape index (κ1) is 12.9. The van der Waals surface area contributed by atoms with Gasteiger partial charge in [-0.15, -0.1) is 0 Å². The summed E-state index contributed by atoms with van der Waals surface area (Å²) < 4.78 is 0. The first-order valence-corrected chi connectivity index (χ1v) is 6.11. The highest BCUT2D eigenvalue weighted by Crippen LogP contribution is 2.64. The van der Waals surface area contributed by atoms with Crippen LogP contribution in [0.5, 0.6) is 0 Å². The van der Waals surface area contributed by atoms with Gasteiger partial charge in [-0.3, -0.25) is 4.79 Å².